The molecule has 0 aromatic rings. The third-order valence-electron chi connectivity index (χ3n) is 3.22. The predicted molar refractivity (Wildman–Crippen MR) is 54.3 cm³/mol. The van der Waals surface area contributed by atoms with Gasteiger partial charge in [-0.1, -0.05) is 39.5 Å². The molecule has 0 aromatic heterocycles. The lowest BCUT2D eigenvalue weighted by atomic mass is 9.85. The van der Waals surface area contributed by atoms with Crippen molar-refractivity contribution in [3.63, 3.8) is 0 Å². The number of hydrogen-bond donors (Lipinski definition) is 1. The van der Waals surface area contributed by atoms with E-state index in [-0.39, 0.29) is 0 Å². The minimum atomic E-state index is 0.988. The highest BCUT2D eigenvalue weighted by Gasteiger charge is 2.22. The van der Waals surface area contributed by atoms with Gasteiger partial charge in [-0.25, -0.2) is 0 Å². The molecule has 0 bridgehead atoms. The van der Waals surface area contributed by atoms with E-state index in [4.69, 9.17) is 0 Å². The molecule has 1 aliphatic heterocycles. The Morgan fingerprint density at radius 2 is 2.25 bits per heavy atom. The normalized spacial score (nSPS) is 26.0. The molecule has 0 amide bonds. The highest BCUT2D eigenvalue weighted by atomic mass is 14.9. The summed E-state index contributed by atoms with van der Waals surface area (Å²) in [5, 5.41) is 3.46. The van der Waals surface area contributed by atoms with Gasteiger partial charge in [-0.05, 0) is 31.3 Å². The van der Waals surface area contributed by atoms with Crippen LogP contribution in [-0.2, 0) is 0 Å². The van der Waals surface area contributed by atoms with Crippen molar-refractivity contribution in [3.8, 4) is 0 Å². The molecular formula is C11H23N. The third kappa shape index (κ3) is 2.78. The summed E-state index contributed by atoms with van der Waals surface area (Å²) in [5.41, 5.74) is 0. The Morgan fingerprint density at radius 3 is 2.75 bits per heavy atom. The Kier molecular flexibility index (Phi) is 4.67. The van der Waals surface area contributed by atoms with Crippen molar-refractivity contribution in [2.24, 2.45) is 11.8 Å². The Bertz CT molecular complexity index is 106. The summed E-state index contributed by atoms with van der Waals surface area (Å²) < 4.78 is 0. The average molecular weight is 169 g/mol. The number of rotatable bonds is 5. The second-order valence-electron chi connectivity index (χ2n) is 4.06. The molecule has 0 aliphatic carbocycles. The molecule has 0 spiro atoms. The van der Waals surface area contributed by atoms with E-state index in [1.165, 1.54) is 45.2 Å². The standard InChI is InChI=1S/C11H23N/c1-3-5-6-10(4-2)11-7-8-12-9-11/h10-12H,3-9H2,1-2H3. The summed E-state index contributed by atoms with van der Waals surface area (Å²) in [6.45, 7) is 7.17. The molecule has 2 unspecified atom stereocenters. The van der Waals surface area contributed by atoms with Gasteiger partial charge in [0.05, 0.1) is 0 Å². The molecule has 1 rings (SSSR count). The van der Waals surface area contributed by atoms with Gasteiger partial charge in [-0.15, -0.1) is 0 Å². The fourth-order valence-electron chi connectivity index (χ4n) is 2.32. The molecule has 1 fully saturated rings. The van der Waals surface area contributed by atoms with Crippen LogP contribution in [0, 0.1) is 11.8 Å². The van der Waals surface area contributed by atoms with Crippen molar-refractivity contribution < 1.29 is 0 Å². The lowest BCUT2D eigenvalue weighted by molar-refractivity contribution is 0.317. The molecule has 72 valence electrons. The minimum absolute atomic E-state index is 0.988. The monoisotopic (exact) mass is 169 g/mol. The molecule has 2 atom stereocenters. The summed E-state index contributed by atoms with van der Waals surface area (Å²) in [6, 6.07) is 0. The molecule has 1 aliphatic rings. The maximum Gasteiger partial charge on any atom is -0.00174 e. The maximum absolute atomic E-state index is 3.46. The second-order valence-corrected chi connectivity index (χ2v) is 4.06. The van der Waals surface area contributed by atoms with Crippen molar-refractivity contribution in [1.29, 1.82) is 0 Å². The number of unbranched alkanes of at least 4 members (excludes halogenated alkanes) is 1. The van der Waals surface area contributed by atoms with E-state index < -0.39 is 0 Å². The summed E-state index contributed by atoms with van der Waals surface area (Å²) in [4.78, 5) is 0. The SMILES string of the molecule is CCCCC(CC)C1CCNC1. The zero-order valence-corrected chi connectivity index (χ0v) is 8.60. The number of hydrogen-bond acceptors (Lipinski definition) is 1. The van der Waals surface area contributed by atoms with Gasteiger partial charge in [0.15, 0.2) is 0 Å². The largest absolute Gasteiger partial charge is 0.316 e. The molecular weight excluding hydrogens is 146 g/mol. The van der Waals surface area contributed by atoms with Crippen LogP contribution < -0.4 is 5.32 Å². The van der Waals surface area contributed by atoms with Crippen LogP contribution in [0.1, 0.15) is 46.0 Å². The van der Waals surface area contributed by atoms with Crippen molar-refractivity contribution >= 4 is 0 Å². The summed E-state index contributed by atoms with van der Waals surface area (Å²) in [5.74, 6) is 1.99. The number of nitrogens with one attached hydrogen (secondary N) is 1. The smallest absolute Gasteiger partial charge is 0.00174 e. The van der Waals surface area contributed by atoms with E-state index in [1.807, 2.05) is 0 Å². The fourth-order valence-corrected chi connectivity index (χ4v) is 2.32. The first-order valence-corrected chi connectivity index (χ1v) is 5.59. The highest BCUT2D eigenvalue weighted by molar-refractivity contribution is 4.77. The van der Waals surface area contributed by atoms with Crippen LogP contribution in [0.3, 0.4) is 0 Å². The van der Waals surface area contributed by atoms with E-state index in [2.05, 4.69) is 19.2 Å². The van der Waals surface area contributed by atoms with Crippen molar-refractivity contribution in [2.45, 2.75) is 46.0 Å². The van der Waals surface area contributed by atoms with Gasteiger partial charge in [-0.3, -0.25) is 0 Å². The first-order chi connectivity index (χ1) is 5.88. The molecule has 12 heavy (non-hydrogen) atoms. The van der Waals surface area contributed by atoms with Gasteiger partial charge in [0, 0.05) is 0 Å². The van der Waals surface area contributed by atoms with Gasteiger partial charge < -0.3 is 5.32 Å². The van der Waals surface area contributed by atoms with Gasteiger partial charge in [0.25, 0.3) is 0 Å². The zero-order valence-electron chi connectivity index (χ0n) is 8.60. The lowest BCUT2D eigenvalue weighted by Crippen LogP contribution is -2.17. The molecule has 1 heteroatoms. The third-order valence-corrected chi connectivity index (χ3v) is 3.22. The topological polar surface area (TPSA) is 12.0 Å². The maximum atomic E-state index is 3.46. The quantitative estimate of drug-likeness (QED) is 0.667. The van der Waals surface area contributed by atoms with Crippen LogP contribution in [0.2, 0.25) is 0 Å². The lowest BCUT2D eigenvalue weighted by Gasteiger charge is -2.20. The van der Waals surface area contributed by atoms with Crippen LogP contribution >= 0.6 is 0 Å². The summed E-state index contributed by atoms with van der Waals surface area (Å²) in [6.07, 6.45) is 7.04. The van der Waals surface area contributed by atoms with E-state index in [1.54, 1.807) is 0 Å². The molecule has 1 saturated heterocycles. The summed E-state index contributed by atoms with van der Waals surface area (Å²) >= 11 is 0. The molecule has 1 nitrogen and oxygen atoms in total. The first kappa shape index (κ1) is 10.0. The molecule has 0 radical (unpaired) electrons. The van der Waals surface area contributed by atoms with E-state index in [9.17, 15) is 0 Å². The van der Waals surface area contributed by atoms with E-state index >= 15 is 0 Å². The minimum Gasteiger partial charge on any atom is -0.316 e. The Labute approximate surface area is 76.9 Å². The van der Waals surface area contributed by atoms with Gasteiger partial charge in [0.1, 0.15) is 0 Å². The van der Waals surface area contributed by atoms with Crippen LogP contribution in [0.15, 0.2) is 0 Å². The summed E-state index contributed by atoms with van der Waals surface area (Å²) in [7, 11) is 0. The molecule has 1 heterocycles. The predicted octanol–water partition coefficient (Wildman–Crippen LogP) is 2.81. The van der Waals surface area contributed by atoms with Crippen molar-refractivity contribution in [3.05, 3.63) is 0 Å². The van der Waals surface area contributed by atoms with Crippen LogP contribution in [0.5, 0.6) is 0 Å². The van der Waals surface area contributed by atoms with Crippen LogP contribution in [0.4, 0.5) is 0 Å². The van der Waals surface area contributed by atoms with Crippen LogP contribution in [0.25, 0.3) is 0 Å². The van der Waals surface area contributed by atoms with E-state index in [0.29, 0.717) is 0 Å². The highest BCUT2D eigenvalue weighted by Crippen LogP contribution is 2.26. The van der Waals surface area contributed by atoms with Gasteiger partial charge >= 0.3 is 0 Å². The van der Waals surface area contributed by atoms with Crippen molar-refractivity contribution in [1.82, 2.24) is 5.32 Å². The fraction of sp³-hybridized carbons (Fsp3) is 1.00. The average Bonchev–Trinajstić information content (AvgIpc) is 2.59. The molecule has 0 aromatic carbocycles. The van der Waals surface area contributed by atoms with Gasteiger partial charge in [0.2, 0.25) is 0 Å². The van der Waals surface area contributed by atoms with Crippen molar-refractivity contribution in [2.75, 3.05) is 13.1 Å². The first-order valence-electron chi connectivity index (χ1n) is 5.59. The second kappa shape index (κ2) is 5.58. The Balaban J connectivity index is 2.22. The molecule has 1 N–H and O–H groups in total. The molecule has 0 saturated carbocycles. The Hall–Kier alpha value is -0.0400. The van der Waals surface area contributed by atoms with Gasteiger partial charge in [-0.2, -0.15) is 0 Å². The van der Waals surface area contributed by atoms with Crippen LogP contribution in [-0.4, -0.2) is 13.1 Å². The zero-order chi connectivity index (χ0) is 8.81. The van der Waals surface area contributed by atoms with E-state index in [0.717, 1.165) is 11.8 Å². The Morgan fingerprint density at radius 1 is 1.42 bits per heavy atom.